The van der Waals surface area contributed by atoms with Gasteiger partial charge in [-0.2, -0.15) is 0 Å². The van der Waals surface area contributed by atoms with E-state index in [0.29, 0.717) is 13.2 Å². The van der Waals surface area contributed by atoms with Gasteiger partial charge in [-0.1, -0.05) is 13.8 Å². The van der Waals surface area contributed by atoms with E-state index in [2.05, 4.69) is 29.5 Å². The molecule has 0 unspecified atom stereocenters. The summed E-state index contributed by atoms with van der Waals surface area (Å²) in [5, 5.41) is 4.70. The summed E-state index contributed by atoms with van der Waals surface area (Å²) in [4.78, 5) is 25.9. The third kappa shape index (κ3) is 3.62. The number of guanidine groups is 1. The largest absolute Gasteiger partial charge is 0.385 e. The Morgan fingerprint density at radius 1 is 1.25 bits per heavy atom. The summed E-state index contributed by atoms with van der Waals surface area (Å²) in [6.45, 7) is 5.28. The Kier molecular flexibility index (Phi) is 4.00. The third-order valence-electron chi connectivity index (χ3n) is 2.32. The first-order valence-corrected chi connectivity index (χ1v) is 5.10. The third-order valence-corrected chi connectivity index (χ3v) is 2.32. The van der Waals surface area contributed by atoms with E-state index in [1.807, 2.05) is 0 Å². The first kappa shape index (κ1) is 12.6. The number of carbonyl (C=O) groups is 2. The number of hydrogen-bond donors (Lipinski definition) is 2. The van der Waals surface area contributed by atoms with Crippen molar-refractivity contribution in [1.29, 1.82) is 0 Å². The van der Waals surface area contributed by atoms with Gasteiger partial charge in [-0.05, 0) is 11.8 Å². The molecule has 0 aromatic carbocycles. The predicted octanol–water partition coefficient (Wildman–Crippen LogP) is -0.349. The number of amides is 2. The Bertz CT molecular complexity index is 305. The lowest BCUT2D eigenvalue weighted by molar-refractivity contribution is -0.135. The van der Waals surface area contributed by atoms with Gasteiger partial charge in [-0.15, -0.1) is 0 Å². The molecule has 0 aromatic rings. The molecule has 1 saturated heterocycles. The molecule has 2 amide bonds. The summed E-state index contributed by atoms with van der Waals surface area (Å²) in [6, 6.07) is 0. The number of carbonyl (C=O) groups excluding carboxylic acids is 2. The normalized spacial score (nSPS) is 16.1. The van der Waals surface area contributed by atoms with Gasteiger partial charge in [-0.25, -0.2) is 0 Å². The van der Waals surface area contributed by atoms with Crippen molar-refractivity contribution in [2.24, 2.45) is 10.4 Å². The van der Waals surface area contributed by atoms with Crippen LogP contribution in [-0.4, -0.2) is 38.0 Å². The van der Waals surface area contributed by atoms with E-state index in [4.69, 9.17) is 4.74 Å². The van der Waals surface area contributed by atoms with Gasteiger partial charge in [0, 0.05) is 20.3 Å². The number of aliphatic imine (C=N–C) groups is 1. The van der Waals surface area contributed by atoms with Crippen molar-refractivity contribution in [2.45, 2.75) is 20.3 Å². The molecule has 0 atom stereocenters. The Morgan fingerprint density at radius 2 is 1.81 bits per heavy atom. The first-order valence-electron chi connectivity index (χ1n) is 5.10. The maximum absolute atomic E-state index is 10.9. The van der Waals surface area contributed by atoms with Crippen molar-refractivity contribution < 1.29 is 14.3 Å². The van der Waals surface area contributed by atoms with E-state index in [-0.39, 0.29) is 11.4 Å². The van der Waals surface area contributed by atoms with Crippen LogP contribution in [0.5, 0.6) is 0 Å². The van der Waals surface area contributed by atoms with Crippen molar-refractivity contribution in [1.82, 2.24) is 10.6 Å². The maximum atomic E-state index is 10.9. The van der Waals surface area contributed by atoms with E-state index < -0.39 is 11.8 Å². The molecule has 0 spiro atoms. The zero-order chi connectivity index (χ0) is 12.2. The summed E-state index contributed by atoms with van der Waals surface area (Å²) in [7, 11) is 1.65. The summed E-state index contributed by atoms with van der Waals surface area (Å²) in [5.74, 6) is -1.08. The highest BCUT2D eigenvalue weighted by molar-refractivity contribution is 6.45. The van der Waals surface area contributed by atoms with Crippen LogP contribution in [0.15, 0.2) is 4.99 Å². The topological polar surface area (TPSA) is 79.8 Å². The summed E-state index contributed by atoms with van der Waals surface area (Å²) >= 11 is 0. The Labute approximate surface area is 94.4 Å². The second-order valence-corrected chi connectivity index (χ2v) is 4.48. The zero-order valence-electron chi connectivity index (χ0n) is 9.79. The standard InChI is InChI=1S/C10H17N3O3/c1-10(2,4-5-16-3)6-11-9-12-7(14)8(15)13-9/h4-6H2,1-3H3,(H2,11,12,13,14,15). The molecule has 1 fully saturated rings. The van der Waals surface area contributed by atoms with Gasteiger partial charge in [0.2, 0.25) is 5.96 Å². The quantitative estimate of drug-likeness (QED) is 0.630. The van der Waals surface area contributed by atoms with Crippen molar-refractivity contribution in [3.8, 4) is 0 Å². The maximum Gasteiger partial charge on any atom is 0.316 e. The van der Waals surface area contributed by atoms with Crippen molar-refractivity contribution in [2.75, 3.05) is 20.3 Å². The fourth-order valence-electron chi connectivity index (χ4n) is 1.19. The molecular formula is C10H17N3O3. The van der Waals surface area contributed by atoms with Gasteiger partial charge in [0.15, 0.2) is 0 Å². The molecule has 90 valence electrons. The molecule has 1 rings (SSSR count). The Morgan fingerprint density at radius 3 is 2.31 bits per heavy atom. The van der Waals surface area contributed by atoms with E-state index >= 15 is 0 Å². The highest BCUT2D eigenvalue weighted by Crippen LogP contribution is 2.20. The van der Waals surface area contributed by atoms with Crippen LogP contribution < -0.4 is 10.6 Å². The first-order chi connectivity index (χ1) is 7.44. The average Bonchev–Trinajstić information content (AvgIpc) is 2.53. The van der Waals surface area contributed by atoms with E-state index in [9.17, 15) is 9.59 Å². The van der Waals surface area contributed by atoms with Crippen LogP contribution in [0.25, 0.3) is 0 Å². The summed E-state index contributed by atoms with van der Waals surface area (Å²) < 4.78 is 5.00. The van der Waals surface area contributed by atoms with Gasteiger partial charge < -0.3 is 4.74 Å². The average molecular weight is 227 g/mol. The number of rotatable bonds is 5. The zero-order valence-corrected chi connectivity index (χ0v) is 9.79. The van der Waals surface area contributed by atoms with Crippen LogP contribution in [0.4, 0.5) is 0 Å². The van der Waals surface area contributed by atoms with Crippen molar-refractivity contribution in [3.63, 3.8) is 0 Å². The van der Waals surface area contributed by atoms with E-state index in [1.54, 1.807) is 7.11 Å². The van der Waals surface area contributed by atoms with Crippen molar-refractivity contribution >= 4 is 17.8 Å². The van der Waals surface area contributed by atoms with Crippen LogP contribution in [0.1, 0.15) is 20.3 Å². The van der Waals surface area contributed by atoms with Crippen LogP contribution in [0.3, 0.4) is 0 Å². The summed E-state index contributed by atoms with van der Waals surface area (Å²) in [6.07, 6.45) is 0.863. The molecule has 0 radical (unpaired) electrons. The SMILES string of the molecule is COCCC(C)(C)CN=C1NC(=O)C(=O)N1. The van der Waals surface area contributed by atoms with Crippen LogP contribution in [0.2, 0.25) is 0 Å². The molecule has 0 bridgehead atoms. The van der Waals surface area contributed by atoms with Gasteiger partial charge >= 0.3 is 11.8 Å². The van der Waals surface area contributed by atoms with E-state index in [0.717, 1.165) is 6.42 Å². The van der Waals surface area contributed by atoms with Gasteiger partial charge in [0.05, 0.1) is 0 Å². The Balaban J connectivity index is 2.47. The monoisotopic (exact) mass is 227 g/mol. The predicted molar refractivity (Wildman–Crippen MR) is 58.9 cm³/mol. The van der Waals surface area contributed by atoms with Gasteiger partial charge in [-0.3, -0.25) is 25.2 Å². The molecule has 6 nitrogen and oxygen atoms in total. The molecule has 1 heterocycles. The lowest BCUT2D eigenvalue weighted by Crippen LogP contribution is -2.28. The Hall–Kier alpha value is -1.43. The molecular weight excluding hydrogens is 210 g/mol. The number of nitrogens with zero attached hydrogens (tertiary/aromatic N) is 1. The molecule has 16 heavy (non-hydrogen) atoms. The number of ether oxygens (including phenoxy) is 1. The molecule has 1 aliphatic heterocycles. The molecule has 0 aromatic heterocycles. The lowest BCUT2D eigenvalue weighted by Gasteiger charge is -2.21. The molecule has 0 saturated carbocycles. The molecule has 2 N–H and O–H groups in total. The number of hydrogen-bond acceptors (Lipinski definition) is 4. The minimum absolute atomic E-state index is 0.0267. The highest BCUT2D eigenvalue weighted by atomic mass is 16.5. The van der Waals surface area contributed by atoms with Gasteiger partial charge in [0.25, 0.3) is 0 Å². The van der Waals surface area contributed by atoms with Crippen LogP contribution in [0, 0.1) is 5.41 Å². The lowest BCUT2D eigenvalue weighted by atomic mass is 9.90. The molecule has 0 aliphatic carbocycles. The number of nitrogens with one attached hydrogen (secondary N) is 2. The fourth-order valence-corrected chi connectivity index (χ4v) is 1.19. The highest BCUT2D eigenvalue weighted by Gasteiger charge is 2.26. The smallest absolute Gasteiger partial charge is 0.316 e. The second-order valence-electron chi connectivity index (χ2n) is 4.48. The molecule has 6 heteroatoms. The second kappa shape index (κ2) is 5.07. The molecule has 1 aliphatic rings. The minimum Gasteiger partial charge on any atom is -0.385 e. The van der Waals surface area contributed by atoms with Crippen LogP contribution in [-0.2, 0) is 14.3 Å². The van der Waals surface area contributed by atoms with Crippen LogP contribution >= 0.6 is 0 Å². The minimum atomic E-state index is -0.659. The fraction of sp³-hybridized carbons (Fsp3) is 0.700. The van der Waals surface area contributed by atoms with Gasteiger partial charge in [0.1, 0.15) is 0 Å². The number of methoxy groups -OCH3 is 1. The van der Waals surface area contributed by atoms with Crippen molar-refractivity contribution in [3.05, 3.63) is 0 Å². The van der Waals surface area contributed by atoms with E-state index in [1.165, 1.54) is 0 Å². The summed E-state index contributed by atoms with van der Waals surface area (Å²) in [5.41, 5.74) is -0.0267.